The summed E-state index contributed by atoms with van der Waals surface area (Å²) in [6, 6.07) is 5.05. The first-order valence-electron chi connectivity index (χ1n) is 6.74. The van der Waals surface area contributed by atoms with Gasteiger partial charge in [0.05, 0.1) is 16.5 Å². The minimum absolute atomic E-state index is 0.0724. The zero-order chi connectivity index (χ0) is 16.1. The van der Waals surface area contributed by atoms with Gasteiger partial charge in [0.2, 0.25) is 0 Å². The molecule has 1 fully saturated rings. The number of fused-ring (bicyclic) bond motifs is 1. The number of ketones is 1. The molecule has 5 nitrogen and oxygen atoms in total. The highest BCUT2D eigenvalue weighted by molar-refractivity contribution is 6.41. The van der Waals surface area contributed by atoms with Crippen molar-refractivity contribution in [1.29, 1.82) is 0 Å². The van der Waals surface area contributed by atoms with Crippen molar-refractivity contribution in [1.82, 2.24) is 0 Å². The van der Waals surface area contributed by atoms with Gasteiger partial charge in [0, 0.05) is 12.5 Å². The maximum atomic E-state index is 12.4. The summed E-state index contributed by atoms with van der Waals surface area (Å²) in [5, 5.41) is 4.79. The number of hydrogen-bond donors (Lipinski definition) is 0. The van der Waals surface area contributed by atoms with E-state index in [1.807, 2.05) is 0 Å². The van der Waals surface area contributed by atoms with E-state index in [-0.39, 0.29) is 12.2 Å². The van der Waals surface area contributed by atoms with Gasteiger partial charge >= 0.3 is 5.97 Å². The van der Waals surface area contributed by atoms with E-state index < -0.39 is 23.6 Å². The van der Waals surface area contributed by atoms with Gasteiger partial charge in [0.15, 0.2) is 11.7 Å². The van der Waals surface area contributed by atoms with Crippen LogP contribution in [-0.4, -0.2) is 29.2 Å². The molecule has 0 aromatic heterocycles. The molecule has 0 bridgehead atoms. The summed E-state index contributed by atoms with van der Waals surface area (Å²) in [6.07, 6.45) is -0.588. The van der Waals surface area contributed by atoms with Crippen LogP contribution in [0.3, 0.4) is 0 Å². The van der Waals surface area contributed by atoms with Crippen molar-refractivity contribution >= 4 is 40.7 Å². The van der Waals surface area contributed by atoms with E-state index in [2.05, 4.69) is 5.16 Å². The monoisotopic (exact) mass is 341 g/mol. The van der Waals surface area contributed by atoms with Gasteiger partial charge in [-0.05, 0) is 19.1 Å². The van der Waals surface area contributed by atoms with Crippen molar-refractivity contribution in [3.05, 3.63) is 33.8 Å². The minimum Gasteiger partial charge on any atom is -0.455 e. The SMILES string of the molecule is CC(=O)O[C@@]1(C)CC(=O)[C@@H]2C(c3c(Cl)cccc3Cl)=NO[C@@H]21. The number of carbonyl (C=O) groups excluding carboxylic acids is 2. The van der Waals surface area contributed by atoms with Crippen LogP contribution in [-0.2, 0) is 19.2 Å². The molecule has 1 aliphatic heterocycles. The van der Waals surface area contributed by atoms with Crippen LogP contribution in [0.25, 0.3) is 0 Å². The number of nitrogens with zero attached hydrogens (tertiary/aromatic N) is 1. The zero-order valence-corrected chi connectivity index (χ0v) is 13.4. The number of benzene rings is 1. The first-order valence-corrected chi connectivity index (χ1v) is 7.49. The van der Waals surface area contributed by atoms with Crippen molar-refractivity contribution in [2.45, 2.75) is 32.0 Å². The van der Waals surface area contributed by atoms with Gasteiger partial charge in [0.25, 0.3) is 0 Å². The smallest absolute Gasteiger partial charge is 0.303 e. The number of esters is 1. The molecule has 116 valence electrons. The molecule has 0 N–H and O–H groups in total. The van der Waals surface area contributed by atoms with Crippen molar-refractivity contribution in [2.24, 2.45) is 11.1 Å². The molecule has 0 radical (unpaired) electrons. The van der Waals surface area contributed by atoms with Crippen molar-refractivity contribution in [3.8, 4) is 0 Å². The molecule has 22 heavy (non-hydrogen) atoms. The second kappa shape index (κ2) is 5.25. The van der Waals surface area contributed by atoms with Crippen molar-refractivity contribution < 1.29 is 19.2 Å². The summed E-state index contributed by atoms with van der Waals surface area (Å²) in [5.41, 5.74) is -0.160. The normalized spacial score (nSPS) is 29.8. The molecule has 0 spiro atoms. The standard InChI is InChI=1S/C15H13Cl2NO4/c1-7(19)21-15(2)6-10(20)12-13(18-22-14(12)15)11-8(16)4-3-5-9(11)17/h3-5,12,14H,6H2,1-2H3/t12-,14+,15+/m1/s1. The van der Waals surface area contributed by atoms with E-state index in [1.54, 1.807) is 25.1 Å². The van der Waals surface area contributed by atoms with Gasteiger partial charge in [-0.25, -0.2) is 0 Å². The van der Waals surface area contributed by atoms with Crippen LogP contribution in [0.15, 0.2) is 23.4 Å². The number of oxime groups is 1. The van der Waals surface area contributed by atoms with E-state index >= 15 is 0 Å². The van der Waals surface area contributed by atoms with Crippen LogP contribution in [0.1, 0.15) is 25.8 Å². The Bertz CT molecular complexity index is 683. The highest BCUT2D eigenvalue weighted by atomic mass is 35.5. The van der Waals surface area contributed by atoms with Gasteiger partial charge < -0.3 is 9.57 Å². The quantitative estimate of drug-likeness (QED) is 0.775. The van der Waals surface area contributed by atoms with Gasteiger partial charge in [-0.3, -0.25) is 9.59 Å². The average molecular weight is 342 g/mol. The van der Waals surface area contributed by atoms with Crippen LogP contribution in [0.4, 0.5) is 0 Å². The number of hydrogen-bond acceptors (Lipinski definition) is 5. The predicted molar refractivity (Wildman–Crippen MR) is 81.2 cm³/mol. The van der Waals surface area contributed by atoms with Gasteiger partial charge in [-0.2, -0.15) is 0 Å². The summed E-state index contributed by atoms with van der Waals surface area (Å²) in [5.74, 6) is -1.22. The predicted octanol–water partition coefficient (Wildman–Crippen LogP) is 3.01. The molecule has 1 saturated carbocycles. The van der Waals surface area contributed by atoms with Crippen LogP contribution in [0.2, 0.25) is 10.0 Å². The molecule has 7 heteroatoms. The van der Waals surface area contributed by atoms with E-state index in [4.69, 9.17) is 32.8 Å². The largest absolute Gasteiger partial charge is 0.455 e. The third-order valence-corrected chi connectivity index (χ3v) is 4.56. The first-order chi connectivity index (χ1) is 10.3. The van der Waals surface area contributed by atoms with Crippen molar-refractivity contribution in [2.75, 3.05) is 0 Å². The lowest BCUT2D eigenvalue weighted by molar-refractivity contribution is -0.168. The topological polar surface area (TPSA) is 65.0 Å². The van der Waals surface area contributed by atoms with Gasteiger partial charge in [0.1, 0.15) is 17.4 Å². The maximum Gasteiger partial charge on any atom is 0.303 e. The summed E-state index contributed by atoms with van der Waals surface area (Å²) in [7, 11) is 0. The molecule has 1 aromatic carbocycles. The van der Waals surface area contributed by atoms with E-state index in [9.17, 15) is 9.59 Å². The van der Waals surface area contributed by atoms with Crippen LogP contribution in [0.5, 0.6) is 0 Å². The van der Waals surface area contributed by atoms with E-state index in [1.165, 1.54) is 6.92 Å². The van der Waals surface area contributed by atoms with Gasteiger partial charge in [-0.15, -0.1) is 0 Å². The molecule has 2 aliphatic rings. The molecule has 3 atom stereocenters. The van der Waals surface area contributed by atoms with E-state index in [0.29, 0.717) is 21.3 Å². The Kier molecular flexibility index (Phi) is 3.65. The summed E-state index contributed by atoms with van der Waals surface area (Å²) < 4.78 is 5.30. The molecule has 0 saturated heterocycles. The lowest BCUT2D eigenvalue weighted by Gasteiger charge is -2.27. The maximum absolute atomic E-state index is 12.4. The Morgan fingerprint density at radius 2 is 2.05 bits per heavy atom. The Balaban J connectivity index is 2.00. The summed E-state index contributed by atoms with van der Waals surface area (Å²) >= 11 is 12.4. The lowest BCUT2D eigenvalue weighted by Crippen LogP contribution is -2.41. The molecular weight excluding hydrogens is 329 g/mol. The minimum atomic E-state index is -1.04. The Labute approximate surface area is 137 Å². The molecule has 1 heterocycles. The molecule has 0 unspecified atom stereocenters. The molecule has 3 rings (SSSR count). The lowest BCUT2D eigenvalue weighted by atomic mass is 9.91. The number of carbonyl (C=O) groups is 2. The fraction of sp³-hybridized carbons (Fsp3) is 0.400. The third-order valence-electron chi connectivity index (χ3n) is 3.93. The Morgan fingerprint density at radius 1 is 1.41 bits per heavy atom. The van der Waals surface area contributed by atoms with Crippen LogP contribution in [0, 0.1) is 5.92 Å². The van der Waals surface area contributed by atoms with Crippen molar-refractivity contribution in [3.63, 3.8) is 0 Å². The Hall–Kier alpha value is -1.59. The molecule has 0 amide bonds. The van der Waals surface area contributed by atoms with E-state index in [0.717, 1.165) is 0 Å². The second-order valence-corrected chi connectivity index (χ2v) is 6.44. The number of ether oxygens (including phenoxy) is 1. The second-order valence-electron chi connectivity index (χ2n) is 5.63. The fourth-order valence-electron chi connectivity index (χ4n) is 3.08. The zero-order valence-electron chi connectivity index (χ0n) is 11.9. The average Bonchev–Trinajstić information content (AvgIpc) is 2.91. The number of rotatable bonds is 2. The third kappa shape index (κ3) is 2.29. The summed E-state index contributed by atoms with van der Waals surface area (Å²) in [6.45, 7) is 2.97. The summed E-state index contributed by atoms with van der Waals surface area (Å²) in [4.78, 5) is 29.1. The number of Topliss-reactive ketones (excluding diaryl/α,β-unsaturated/α-hetero) is 1. The Morgan fingerprint density at radius 3 is 2.64 bits per heavy atom. The van der Waals surface area contributed by atoms with Crippen LogP contribution < -0.4 is 0 Å². The number of halogens is 2. The van der Waals surface area contributed by atoms with Gasteiger partial charge in [-0.1, -0.05) is 34.4 Å². The molecule has 1 aliphatic carbocycles. The highest BCUT2D eigenvalue weighted by Gasteiger charge is 2.60. The first kappa shape index (κ1) is 15.3. The highest BCUT2D eigenvalue weighted by Crippen LogP contribution is 2.44. The van der Waals surface area contributed by atoms with Crippen LogP contribution >= 0.6 is 23.2 Å². The fourth-order valence-corrected chi connectivity index (χ4v) is 3.67. The molecule has 1 aromatic rings. The molecular formula is C15H13Cl2NO4.